The summed E-state index contributed by atoms with van der Waals surface area (Å²) in [4.78, 5) is 42.9. The lowest BCUT2D eigenvalue weighted by Crippen LogP contribution is -2.33. The highest BCUT2D eigenvalue weighted by atomic mass is 16.7. The number of alkyl carbamates (subject to hydrolysis) is 1. The summed E-state index contributed by atoms with van der Waals surface area (Å²) in [6.07, 6.45) is 0.0745. The molecule has 1 heterocycles. The fourth-order valence-corrected chi connectivity index (χ4v) is 3.74. The summed E-state index contributed by atoms with van der Waals surface area (Å²) in [7, 11) is 0. The number of nitrogens with zero attached hydrogens (tertiary/aromatic N) is 1. The van der Waals surface area contributed by atoms with Crippen molar-refractivity contribution in [2.24, 2.45) is 11.3 Å². The molecule has 0 saturated carbocycles. The summed E-state index contributed by atoms with van der Waals surface area (Å²) in [6.45, 7) is 18.0. The minimum Gasteiger partial charge on any atom is -0.444 e. The molecule has 1 aromatic carbocycles. The topological polar surface area (TPSA) is 104 Å². The highest BCUT2D eigenvalue weighted by molar-refractivity contribution is 5.99. The molecule has 0 aliphatic carbocycles. The summed E-state index contributed by atoms with van der Waals surface area (Å²) in [5.41, 5.74) is 3.32. The summed E-state index contributed by atoms with van der Waals surface area (Å²) < 4.78 is 16.0. The molecule has 8 nitrogen and oxygen atoms in total. The Morgan fingerprint density at radius 2 is 1.55 bits per heavy atom. The number of carbonyl (C=O) groups is 3. The van der Waals surface area contributed by atoms with Gasteiger partial charge in [-0.25, -0.2) is 9.59 Å². The van der Waals surface area contributed by atoms with Crippen molar-refractivity contribution in [2.45, 2.75) is 87.8 Å². The predicted octanol–water partition coefficient (Wildman–Crippen LogP) is 6.29. The zero-order chi connectivity index (χ0) is 28.8. The van der Waals surface area contributed by atoms with Gasteiger partial charge >= 0.3 is 18.0 Å². The normalized spacial score (nSPS) is 11.8. The molecule has 0 radical (unpaired) electrons. The molecule has 0 aliphatic rings. The number of ether oxygens (including phenoxy) is 3. The van der Waals surface area contributed by atoms with E-state index in [0.29, 0.717) is 23.2 Å². The Bertz CT molecular complexity index is 1160. The molecule has 208 valence electrons. The van der Waals surface area contributed by atoms with Crippen LogP contribution in [0.25, 0.3) is 11.1 Å². The molecule has 0 bridgehead atoms. The van der Waals surface area contributed by atoms with Gasteiger partial charge in [0.05, 0.1) is 16.7 Å². The predicted molar refractivity (Wildman–Crippen MR) is 147 cm³/mol. The van der Waals surface area contributed by atoms with Gasteiger partial charge in [-0.15, -0.1) is 0 Å². The van der Waals surface area contributed by atoms with Crippen molar-refractivity contribution in [3.05, 3.63) is 52.3 Å². The van der Waals surface area contributed by atoms with E-state index in [1.807, 2.05) is 31.2 Å². The summed E-state index contributed by atoms with van der Waals surface area (Å²) >= 11 is 0. The van der Waals surface area contributed by atoms with E-state index in [2.05, 4.69) is 19.2 Å². The van der Waals surface area contributed by atoms with E-state index in [4.69, 9.17) is 19.2 Å². The SMILES string of the molecule is Cc1ccc(-c2c(CNC(=O)OC(C)(C)C)c(CC(C)C)nc(C)c2C(=O)OCOC(=O)C(C)(C)C)cc1. The minimum absolute atomic E-state index is 0.104. The molecule has 2 rings (SSSR count). The average Bonchev–Trinajstić information content (AvgIpc) is 2.76. The van der Waals surface area contributed by atoms with E-state index in [1.165, 1.54) is 0 Å². The van der Waals surface area contributed by atoms with Crippen LogP contribution in [0.2, 0.25) is 0 Å². The van der Waals surface area contributed by atoms with Gasteiger partial charge in [0, 0.05) is 23.4 Å². The molecule has 0 atom stereocenters. The lowest BCUT2D eigenvalue weighted by molar-refractivity contribution is -0.161. The van der Waals surface area contributed by atoms with Gasteiger partial charge in [0.15, 0.2) is 0 Å². The second-order valence-electron chi connectivity index (χ2n) is 11.9. The Kier molecular flexibility index (Phi) is 10.1. The third-order valence-electron chi connectivity index (χ3n) is 5.51. The van der Waals surface area contributed by atoms with E-state index in [0.717, 1.165) is 16.8 Å². The standard InChI is InChI=1S/C30H42N2O6/c1-18(2)15-23-22(16-31-28(35)38-30(8,9)10)25(21-13-11-19(3)12-14-21)24(20(4)32-23)26(33)36-17-37-27(34)29(5,6)7/h11-14,18H,15-17H2,1-10H3,(H,31,35). The van der Waals surface area contributed by atoms with Crippen molar-refractivity contribution in [3.63, 3.8) is 0 Å². The van der Waals surface area contributed by atoms with Gasteiger partial charge < -0.3 is 19.5 Å². The van der Waals surface area contributed by atoms with Crippen molar-refractivity contribution in [1.29, 1.82) is 0 Å². The lowest BCUT2D eigenvalue weighted by atomic mass is 9.89. The van der Waals surface area contributed by atoms with Crippen LogP contribution in [0.5, 0.6) is 0 Å². The van der Waals surface area contributed by atoms with Crippen LogP contribution in [0.3, 0.4) is 0 Å². The van der Waals surface area contributed by atoms with Gasteiger partial charge in [-0.05, 0) is 73.3 Å². The maximum absolute atomic E-state index is 13.4. The first-order valence-electron chi connectivity index (χ1n) is 12.9. The summed E-state index contributed by atoms with van der Waals surface area (Å²) in [5.74, 6) is -0.863. The molecular weight excluding hydrogens is 484 g/mol. The molecule has 2 aromatic rings. The van der Waals surface area contributed by atoms with E-state index in [1.54, 1.807) is 48.5 Å². The summed E-state index contributed by atoms with van der Waals surface area (Å²) in [6, 6.07) is 7.77. The maximum Gasteiger partial charge on any atom is 0.407 e. The van der Waals surface area contributed by atoms with Crippen LogP contribution in [-0.4, -0.2) is 35.4 Å². The lowest BCUT2D eigenvalue weighted by Gasteiger charge is -2.23. The van der Waals surface area contributed by atoms with Crippen LogP contribution < -0.4 is 5.32 Å². The number of hydrogen-bond donors (Lipinski definition) is 1. The average molecular weight is 527 g/mol. The fraction of sp³-hybridized carbons (Fsp3) is 0.533. The number of pyridine rings is 1. The van der Waals surface area contributed by atoms with E-state index in [-0.39, 0.29) is 18.0 Å². The highest BCUT2D eigenvalue weighted by Crippen LogP contribution is 2.33. The van der Waals surface area contributed by atoms with Gasteiger partial charge in [0.2, 0.25) is 6.79 Å². The highest BCUT2D eigenvalue weighted by Gasteiger charge is 2.27. The number of aromatic nitrogens is 1. The number of benzene rings is 1. The van der Waals surface area contributed by atoms with Crippen LogP contribution in [0.15, 0.2) is 24.3 Å². The van der Waals surface area contributed by atoms with E-state index < -0.39 is 35.8 Å². The van der Waals surface area contributed by atoms with Crippen molar-refractivity contribution < 1.29 is 28.6 Å². The van der Waals surface area contributed by atoms with Crippen LogP contribution in [0.4, 0.5) is 4.79 Å². The fourth-order valence-electron chi connectivity index (χ4n) is 3.74. The van der Waals surface area contributed by atoms with Crippen LogP contribution in [0.1, 0.15) is 88.3 Å². The molecule has 1 amide bonds. The molecule has 1 N–H and O–H groups in total. The van der Waals surface area contributed by atoms with Crippen molar-refractivity contribution in [2.75, 3.05) is 6.79 Å². The van der Waals surface area contributed by atoms with Crippen LogP contribution >= 0.6 is 0 Å². The van der Waals surface area contributed by atoms with Crippen LogP contribution in [-0.2, 0) is 32.0 Å². The number of rotatable bonds is 8. The third-order valence-corrected chi connectivity index (χ3v) is 5.51. The Balaban J connectivity index is 2.59. The van der Waals surface area contributed by atoms with Crippen molar-refractivity contribution in [3.8, 4) is 11.1 Å². The molecule has 0 saturated heterocycles. The van der Waals surface area contributed by atoms with Crippen molar-refractivity contribution in [1.82, 2.24) is 10.3 Å². The smallest absolute Gasteiger partial charge is 0.407 e. The second-order valence-corrected chi connectivity index (χ2v) is 11.9. The first-order valence-corrected chi connectivity index (χ1v) is 12.9. The zero-order valence-electron chi connectivity index (χ0n) is 24.4. The molecule has 0 spiro atoms. The molecule has 1 aromatic heterocycles. The Morgan fingerprint density at radius 3 is 2.08 bits per heavy atom. The Morgan fingerprint density at radius 1 is 0.947 bits per heavy atom. The molecule has 0 fully saturated rings. The second kappa shape index (κ2) is 12.4. The number of esters is 2. The number of aryl methyl sites for hydroxylation is 2. The van der Waals surface area contributed by atoms with Crippen molar-refractivity contribution >= 4 is 18.0 Å². The molecule has 0 unspecified atom stereocenters. The largest absolute Gasteiger partial charge is 0.444 e. The van der Waals surface area contributed by atoms with Gasteiger partial charge in [-0.3, -0.25) is 9.78 Å². The number of nitrogens with one attached hydrogen (secondary N) is 1. The third kappa shape index (κ3) is 8.85. The minimum atomic E-state index is -0.726. The summed E-state index contributed by atoms with van der Waals surface area (Å²) in [5, 5.41) is 2.83. The van der Waals surface area contributed by atoms with E-state index in [9.17, 15) is 14.4 Å². The molecular formula is C30H42N2O6. The number of carbonyl (C=O) groups excluding carboxylic acids is 3. The van der Waals surface area contributed by atoms with Gasteiger partial charge in [0.25, 0.3) is 0 Å². The van der Waals surface area contributed by atoms with Gasteiger partial charge in [0.1, 0.15) is 5.60 Å². The molecule has 8 heteroatoms. The monoisotopic (exact) mass is 526 g/mol. The first kappa shape index (κ1) is 30.8. The Hall–Kier alpha value is -3.42. The number of amides is 1. The van der Waals surface area contributed by atoms with Gasteiger partial charge in [-0.2, -0.15) is 0 Å². The molecule has 38 heavy (non-hydrogen) atoms. The quantitative estimate of drug-likeness (QED) is 0.318. The first-order chi connectivity index (χ1) is 17.5. The maximum atomic E-state index is 13.4. The van der Waals surface area contributed by atoms with E-state index >= 15 is 0 Å². The molecule has 0 aliphatic heterocycles. The van der Waals surface area contributed by atoms with Gasteiger partial charge in [-0.1, -0.05) is 43.7 Å². The Labute approximate surface area is 226 Å². The van der Waals surface area contributed by atoms with Crippen LogP contribution in [0, 0.1) is 25.2 Å². The zero-order valence-corrected chi connectivity index (χ0v) is 24.4. The number of hydrogen-bond acceptors (Lipinski definition) is 7.